The van der Waals surface area contributed by atoms with E-state index in [1.165, 1.54) is 11.0 Å². The van der Waals surface area contributed by atoms with Crippen LogP contribution in [-0.4, -0.2) is 11.8 Å². The van der Waals surface area contributed by atoms with Crippen LogP contribution in [0.4, 0.5) is 11.4 Å². The first-order valence-corrected chi connectivity index (χ1v) is 6.64. The first-order valence-electron chi connectivity index (χ1n) is 6.64. The van der Waals surface area contributed by atoms with Crippen LogP contribution in [0.2, 0.25) is 0 Å². The Kier molecular flexibility index (Phi) is 3.28. The number of amides is 2. The van der Waals surface area contributed by atoms with Crippen molar-refractivity contribution in [2.45, 2.75) is 6.92 Å². The Balaban J connectivity index is 1.84. The fourth-order valence-corrected chi connectivity index (χ4v) is 2.18. The number of benzene rings is 2. The second-order valence-electron chi connectivity index (χ2n) is 4.86. The highest BCUT2D eigenvalue weighted by molar-refractivity contribution is 6.31. The molecule has 0 saturated carbocycles. The maximum atomic E-state index is 12.4. The molecule has 4 heteroatoms. The maximum absolute atomic E-state index is 12.4. The minimum atomic E-state index is -0.340. The number of carbonyl (C=O) groups is 2. The van der Waals surface area contributed by atoms with Gasteiger partial charge in [0.2, 0.25) is 0 Å². The summed E-state index contributed by atoms with van der Waals surface area (Å²) in [7, 11) is 0. The van der Waals surface area contributed by atoms with Gasteiger partial charge in [-0.05, 0) is 31.2 Å². The van der Waals surface area contributed by atoms with Crippen molar-refractivity contribution < 1.29 is 9.59 Å². The first kappa shape index (κ1) is 13.1. The summed E-state index contributed by atoms with van der Waals surface area (Å²) in [5, 5.41) is 2.98. The molecule has 0 aromatic heterocycles. The summed E-state index contributed by atoms with van der Waals surface area (Å²) in [6.45, 7) is 1.96. The average Bonchev–Trinajstić information content (AvgIpc) is 2.76. The number of hydrogen-bond donors (Lipinski definition) is 1. The van der Waals surface area contributed by atoms with E-state index in [1.54, 1.807) is 12.1 Å². The smallest absolute Gasteiger partial charge is 0.281 e. The zero-order valence-electron chi connectivity index (χ0n) is 11.5. The van der Waals surface area contributed by atoms with Crippen LogP contribution in [0.1, 0.15) is 5.56 Å². The number of hydrogen-bond acceptors (Lipinski definition) is 3. The number of carbonyl (C=O) groups excluding carboxylic acids is 2. The van der Waals surface area contributed by atoms with Gasteiger partial charge >= 0.3 is 0 Å². The van der Waals surface area contributed by atoms with Gasteiger partial charge in [-0.15, -0.1) is 0 Å². The van der Waals surface area contributed by atoms with E-state index in [0.29, 0.717) is 5.69 Å². The molecule has 1 N–H and O–H groups in total. The molecule has 2 aromatic rings. The summed E-state index contributed by atoms with van der Waals surface area (Å²) in [6.07, 6.45) is 1.33. The number of nitrogens with one attached hydrogen (secondary N) is 1. The molecule has 4 nitrogen and oxygen atoms in total. The van der Waals surface area contributed by atoms with Crippen LogP contribution in [0.5, 0.6) is 0 Å². The van der Waals surface area contributed by atoms with Crippen LogP contribution in [0.15, 0.2) is 66.4 Å². The van der Waals surface area contributed by atoms with E-state index in [1.807, 2.05) is 49.4 Å². The highest BCUT2D eigenvalue weighted by Crippen LogP contribution is 2.23. The second kappa shape index (κ2) is 5.25. The van der Waals surface area contributed by atoms with E-state index in [2.05, 4.69) is 5.32 Å². The Labute approximate surface area is 122 Å². The zero-order chi connectivity index (χ0) is 14.8. The van der Waals surface area contributed by atoms with Gasteiger partial charge in [-0.2, -0.15) is 0 Å². The fourth-order valence-electron chi connectivity index (χ4n) is 2.18. The molecular weight excluding hydrogens is 264 g/mol. The SMILES string of the molecule is Cc1ccc(N2C(=O)C=C(Nc3ccccc3)C2=O)cc1. The molecule has 2 amide bonds. The Hall–Kier alpha value is -2.88. The number of aryl methyl sites for hydroxylation is 1. The molecule has 1 aliphatic heterocycles. The molecule has 0 radical (unpaired) electrons. The quantitative estimate of drug-likeness (QED) is 0.878. The number of imide groups is 1. The Morgan fingerprint density at radius 3 is 2.24 bits per heavy atom. The highest BCUT2D eigenvalue weighted by Gasteiger charge is 2.32. The lowest BCUT2D eigenvalue weighted by Crippen LogP contribution is -2.31. The lowest BCUT2D eigenvalue weighted by molar-refractivity contribution is -0.120. The molecule has 0 saturated heterocycles. The van der Waals surface area contributed by atoms with Gasteiger partial charge in [-0.1, -0.05) is 35.9 Å². The first-order chi connectivity index (χ1) is 10.1. The van der Waals surface area contributed by atoms with E-state index >= 15 is 0 Å². The molecule has 2 aromatic carbocycles. The predicted octanol–water partition coefficient (Wildman–Crippen LogP) is 2.86. The van der Waals surface area contributed by atoms with E-state index in [9.17, 15) is 9.59 Å². The number of para-hydroxylation sites is 1. The van der Waals surface area contributed by atoms with E-state index in [-0.39, 0.29) is 17.5 Å². The molecule has 104 valence electrons. The van der Waals surface area contributed by atoms with Gasteiger partial charge in [0.1, 0.15) is 5.70 Å². The van der Waals surface area contributed by atoms with Gasteiger partial charge in [0.05, 0.1) is 5.69 Å². The Bertz CT molecular complexity index is 718. The minimum absolute atomic E-state index is 0.284. The van der Waals surface area contributed by atoms with E-state index in [4.69, 9.17) is 0 Å². The van der Waals surface area contributed by atoms with Crippen LogP contribution >= 0.6 is 0 Å². The van der Waals surface area contributed by atoms with Crippen molar-refractivity contribution in [2.24, 2.45) is 0 Å². The van der Waals surface area contributed by atoms with Crippen molar-refractivity contribution >= 4 is 23.2 Å². The summed E-state index contributed by atoms with van der Waals surface area (Å²) in [6, 6.07) is 16.6. The molecule has 1 heterocycles. The van der Waals surface area contributed by atoms with Gasteiger partial charge < -0.3 is 5.32 Å². The van der Waals surface area contributed by atoms with Crippen molar-refractivity contribution in [3.05, 3.63) is 71.9 Å². The zero-order valence-corrected chi connectivity index (χ0v) is 11.5. The summed E-state index contributed by atoms with van der Waals surface area (Å²) >= 11 is 0. The summed E-state index contributed by atoms with van der Waals surface area (Å²) in [5.41, 5.74) is 2.72. The molecule has 0 spiro atoms. The third-order valence-corrected chi connectivity index (χ3v) is 3.27. The molecule has 1 aliphatic rings. The molecule has 0 unspecified atom stereocenters. The predicted molar refractivity (Wildman–Crippen MR) is 81.8 cm³/mol. The topological polar surface area (TPSA) is 49.4 Å². The van der Waals surface area contributed by atoms with Crippen LogP contribution < -0.4 is 10.2 Å². The van der Waals surface area contributed by atoms with Gasteiger partial charge in [0.15, 0.2) is 0 Å². The van der Waals surface area contributed by atoms with Crippen molar-refractivity contribution in [3.63, 3.8) is 0 Å². The molecule has 0 atom stereocenters. The van der Waals surface area contributed by atoms with Crippen molar-refractivity contribution in [2.75, 3.05) is 10.2 Å². The average molecular weight is 278 g/mol. The molecule has 0 aliphatic carbocycles. The molecule has 0 fully saturated rings. The molecule has 0 bridgehead atoms. The minimum Gasteiger partial charge on any atom is -0.351 e. The fraction of sp³-hybridized carbons (Fsp3) is 0.0588. The molecule has 3 rings (SSSR count). The summed E-state index contributed by atoms with van der Waals surface area (Å²) in [4.78, 5) is 25.6. The van der Waals surface area contributed by atoms with Crippen molar-refractivity contribution in [3.8, 4) is 0 Å². The normalized spacial score (nSPS) is 14.3. The van der Waals surface area contributed by atoms with Crippen LogP contribution in [-0.2, 0) is 9.59 Å². The Morgan fingerprint density at radius 2 is 1.57 bits per heavy atom. The van der Waals surface area contributed by atoms with Crippen molar-refractivity contribution in [1.82, 2.24) is 0 Å². The van der Waals surface area contributed by atoms with E-state index in [0.717, 1.165) is 11.3 Å². The lowest BCUT2D eigenvalue weighted by Gasteiger charge is -2.15. The monoisotopic (exact) mass is 278 g/mol. The Morgan fingerprint density at radius 1 is 0.905 bits per heavy atom. The van der Waals surface area contributed by atoms with Crippen LogP contribution in [0.25, 0.3) is 0 Å². The largest absolute Gasteiger partial charge is 0.351 e. The van der Waals surface area contributed by atoms with Crippen LogP contribution in [0.3, 0.4) is 0 Å². The summed E-state index contributed by atoms with van der Waals surface area (Å²) < 4.78 is 0. The number of nitrogens with zero attached hydrogens (tertiary/aromatic N) is 1. The van der Waals surface area contributed by atoms with Gasteiger partial charge in [-0.25, -0.2) is 4.90 Å². The maximum Gasteiger partial charge on any atom is 0.281 e. The third-order valence-electron chi connectivity index (χ3n) is 3.27. The second-order valence-corrected chi connectivity index (χ2v) is 4.86. The van der Waals surface area contributed by atoms with Crippen LogP contribution in [0, 0.1) is 6.92 Å². The highest BCUT2D eigenvalue weighted by atomic mass is 16.2. The summed E-state index contributed by atoms with van der Waals surface area (Å²) in [5.74, 6) is -0.671. The van der Waals surface area contributed by atoms with Crippen molar-refractivity contribution in [1.29, 1.82) is 0 Å². The van der Waals surface area contributed by atoms with E-state index < -0.39 is 0 Å². The third kappa shape index (κ3) is 2.56. The molecular formula is C17H14N2O2. The van der Waals surface area contributed by atoms with Gasteiger partial charge in [0, 0.05) is 11.8 Å². The standard InChI is InChI=1S/C17H14N2O2/c1-12-7-9-14(10-8-12)19-16(20)11-15(17(19)21)18-13-5-3-2-4-6-13/h2-11,18H,1H3. The van der Waals surface area contributed by atoms with Gasteiger partial charge in [0.25, 0.3) is 11.8 Å². The molecule has 21 heavy (non-hydrogen) atoms. The number of anilines is 2. The number of rotatable bonds is 3. The lowest BCUT2D eigenvalue weighted by atomic mass is 10.2. The van der Waals surface area contributed by atoms with Gasteiger partial charge in [-0.3, -0.25) is 9.59 Å².